The minimum Gasteiger partial charge on any atom is -0.478 e. The van der Waals surface area contributed by atoms with Crippen molar-refractivity contribution in [2.45, 2.75) is 12.5 Å². The van der Waals surface area contributed by atoms with Crippen LogP contribution in [-0.4, -0.2) is 29.1 Å². The van der Waals surface area contributed by atoms with Gasteiger partial charge in [-0.2, -0.15) is 5.10 Å². The highest BCUT2D eigenvalue weighted by Crippen LogP contribution is 2.25. The van der Waals surface area contributed by atoms with Crippen LogP contribution in [0.3, 0.4) is 0 Å². The van der Waals surface area contributed by atoms with Crippen molar-refractivity contribution in [3.8, 4) is 11.3 Å². The minimum absolute atomic E-state index is 0.0324. The van der Waals surface area contributed by atoms with Crippen molar-refractivity contribution in [3.05, 3.63) is 120 Å². The molecular formula is C28H23N3O5. The van der Waals surface area contributed by atoms with Crippen LogP contribution in [0.15, 0.2) is 107 Å². The van der Waals surface area contributed by atoms with Crippen LogP contribution in [0.2, 0.25) is 0 Å². The molecule has 0 spiro atoms. The molecule has 0 aliphatic rings. The second-order valence-corrected chi connectivity index (χ2v) is 7.85. The van der Waals surface area contributed by atoms with Crippen molar-refractivity contribution in [1.29, 1.82) is 0 Å². The first-order valence-electron chi connectivity index (χ1n) is 11.2. The summed E-state index contributed by atoms with van der Waals surface area (Å²) in [5.41, 5.74) is 4.29. The number of rotatable bonds is 9. The number of aromatic carboxylic acids is 1. The van der Waals surface area contributed by atoms with Crippen molar-refractivity contribution in [1.82, 2.24) is 10.7 Å². The van der Waals surface area contributed by atoms with Gasteiger partial charge < -0.3 is 14.8 Å². The van der Waals surface area contributed by atoms with Crippen molar-refractivity contribution in [3.63, 3.8) is 0 Å². The fourth-order valence-corrected chi connectivity index (χ4v) is 3.62. The fraction of sp³-hybridized carbons (Fsp3) is 0.0714. The molecule has 4 aromatic rings. The van der Waals surface area contributed by atoms with Gasteiger partial charge in [-0.25, -0.2) is 10.2 Å². The standard InChI is InChI=1S/C28H23N3O5/c32-26(17-24(19-9-3-1-4-10-19)30-27(33)20-11-5-2-6-12-20)31-29-18-21-15-16-25(36-21)22-13-7-8-14-23(22)28(34)35/h1-16,18,24H,17H2,(H,30,33)(H,31,32)(H,34,35)/b29-18-/t24-/m1/s1. The summed E-state index contributed by atoms with van der Waals surface area (Å²) in [4.78, 5) is 36.7. The molecule has 1 heterocycles. The quantitative estimate of drug-likeness (QED) is 0.237. The third-order valence-corrected chi connectivity index (χ3v) is 5.36. The maximum atomic E-state index is 12.7. The van der Waals surface area contributed by atoms with Crippen LogP contribution in [0, 0.1) is 0 Å². The number of furan rings is 1. The summed E-state index contributed by atoms with van der Waals surface area (Å²) in [6.07, 6.45) is 1.29. The fourth-order valence-electron chi connectivity index (χ4n) is 3.62. The Labute approximate surface area is 207 Å². The lowest BCUT2D eigenvalue weighted by molar-refractivity contribution is -0.121. The number of amides is 2. The molecule has 0 bridgehead atoms. The zero-order valence-electron chi connectivity index (χ0n) is 19.1. The van der Waals surface area contributed by atoms with Crippen molar-refractivity contribution in [2.24, 2.45) is 5.10 Å². The van der Waals surface area contributed by atoms with Crippen molar-refractivity contribution in [2.75, 3.05) is 0 Å². The van der Waals surface area contributed by atoms with E-state index in [1.807, 2.05) is 36.4 Å². The summed E-state index contributed by atoms with van der Waals surface area (Å²) < 4.78 is 5.67. The van der Waals surface area contributed by atoms with Crippen molar-refractivity contribution < 1.29 is 23.9 Å². The molecule has 8 heteroatoms. The largest absolute Gasteiger partial charge is 0.478 e. The Morgan fingerprint density at radius 2 is 1.53 bits per heavy atom. The molecule has 0 aliphatic carbocycles. The van der Waals surface area contributed by atoms with Crippen LogP contribution >= 0.6 is 0 Å². The number of hydrogen-bond donors (Lipinski definition) is 3. The van der Waals surface area contributed by atoms with Gasteiger partial charge in [-0.1, -0.05) is 66.7 Å². The number of carboxylic acids is 1. The Kier molecular flexibility index (Phi) is 7.67. The number of nitrogens with zero attached hydrogens (tertiary/aromatic N) is 1. The number of carbonyl (C=O) groups is 3. The first kappa shape index (κ1) is 24.2. The molecule has 0 radical (unpaired) electrons. The average molecular weight is 482 g/mol. The number of carbonyl (C=O) groups excluding carboxylic acids is 2. The summed E-state index contributed by atoms with van der Waals surface area (Å²) in [6, 6.07) is 27.2. The highest BCUT2D eigenvalue weighted by atomic mass is 16.4. The molecule has 0 aliphatic heterocycles. The molecule has 8 nitrogen and oxygen atoms in total. The van der Waals surface area contributed by atoms with E-state index in [1.165, 1.54) is 12.3 Å². The molecule has 36 heavy (non-hydrogen) atoms. The first-order valence-corrected chi connectivity index (χ1v) is 11.2. The summed E-state index contributed by atoms with van der Waals surface area (Å²) in [5, 5.41) is 16.2. The normalized spacial score (nSPS) is 11.7. The summed E-state index contributed by atoms with van der Waals surface area (Å²) in [6.45, 7) is 0. The smallest absolute Gasteiger partial charge is 0.336 e. The molecule has 0 saturated heterocycles. The van der Waals surface area contributed by atoms with Gasteiger partial charge in [0.25, 0.3) is 5.91 Å². The van der Waals surface area contributed by atoms with Gasteiger partial charge in [0.1, 0.15) is 11.5 Å². The molecule has 3 aromatic carbocycles. The predicted octanol–water partition coefficient (Wildman–Crippen LogP) is 4.66. The Morgan fingerprint density at radius 1 is 0.861 bits per heavy atom. The Balaban J connectivity index is 1.41. The molecule has 3 N–H and O–H groups in total. The van der Waals surface area contributed by atoms with Gasteiger partial charge in [0.15, 0.2) is 0 Å². The van der Waals surface area contributed by atoms with E-state index >= 15 is 0 Å². The molecule has 180 valence electrons. The maximum Gasteiger partial charge on any atom is 0.336 e. The predicted molar refractivity (Wildman–Crippen MR) is 135 cm³/mol. The maximum absolute atomic E-state index is 12.7. The van der Waals surface area contributed by atoms with E-state index in [-0.39, 0.29) is 17.9 Å². The Bertz CT molecular complexity index is 1380. The van der Waals surface area contributed by atoms with Crippen LogP contribution in [-0.2, 0) is 4.79 Å². The van der Waals surface area contributed by atoms with Gasteiger partial charge in [-0.05, 0) is 35.9 Å². The van der Waals surface area contributed by atoms with E-state index < -0.39 is 17.9 Å². The van der Waals surface area contributed by atoms with Gasteiger partial charge in [-0.15, -0.1) is 0 Å². The van der Waals surface area contributed by atoms with Crippen molar-refractivity contribution >= 4 is 24.0 Å². The molecular weight excluding hydrogens is 458 g/mol. The van der Waals surface area contributed by atoms with E-state index in [1.54, 1.807) is 54.6 Å². The lowest BCUT2D eigenvalue weighted by atomic mass is 10.0. The van der Waals surface area contributed by atoms with Gasteiger partial charge in [0.2, 0.25) is 5.91 Å². The minimum atomic E-state index is -1.06. The van der Waals surface area contributed by atoms with Crippen LogP contribution in [0.4, 0.5) is 0 Å². The highest BCUT2D eigenvalue weighted by Gasteiger charge is 2.19. The molecule has 1 aromatic heterocycles. The van der Waals surface area contributed by atoms with Crippen LogP contribution in [0.25, 0.3) is 11.3 Å². The zero-order valence-corrected chi connectivity index (χ0v) is 19.1. The average Bonchev–Trinajstić information content (AvgIpc) is 3.38. The third kappa shape index (κ3) is 6.12. The number of hydrogen-bond acceptors (Lipinski definition) is 5. The second kappa shape index (κ2) is 11.4. The van der Waals surface area contributed by atoms with E-state index in [0.717, 1.165) is 5.56 Å². The highest BCUT2D eigenvalue weighted by molar-refractivity contribution is 5.96. The first-order chi connectivity index (χ1) is 17.5. The van der Waals surface area contributed by atoms with E-state index in [4.69, 9.17) is 4.42 Å². The summed E-state index contributed by atoms with van der Waals surface area (Å²) in [7, 11) is 0. The number of carboxylic acid groups (broad SMARTS) is 1. The Morgan fingerprint density at radius 3 is 2.25 bits per heavy atom. The van der Waals surface area contributed by atoms with Gasteiger partial charge >= 0.3 is 5.97 Å². The molecule has 0 saturated carbocycles. The molecule has 0 unspecified atom stereocenters. The number of nitrogens with one attached hydrogen (secondary N) is 2. The zero-order chi connectivity index (χ0) is 25.3. The summed E-state index contributed by atoms with van der Waals surface area (Å²) in [5.74, 6) is -1.05. The molecule has 1 atom stereocenters. The van der Waals surface area contributed by atoms with Gasteiger partial charge in [0, 0.05) is 11.1 Å². The summed E-state index contributed by atoms with van der Waals surface area (Å²) >= 11 is 0. The van der Waals surface area contributed by atoms with E-state index in [2.05, 4.69) is 15.8 Å². The number of benzene rings is 3. The second-order valence-electron chi connectivity index (χ2n) is 7.85. The van der Waals surface area contributed by atoms with Crippen LogP contribution in [0.5, 0.6) is 0 Å². The van der Waals surface area contributed by atoms with E-state index in [9.17, 15) is 19.5 Å². The monoisotopic (exact) mass is 481 g/mol. The van der Waals surface area contributed by atoms with E-state index in [0.29, 0.717) is 22.6 Å². The van der Waals surface area contributed by atoms with Crippen LogP contribution in [0.1, 0.15) is 44.5 Å². The van der Waals surface area contributed by atoms with Gasteiger partial charge in [0.05, 0.1) is 24.2 Å². The topological polar surface area (TPSA) is 121 Å². The molecule has 2 amide bonds. The van der Waals surface area contributed by atoms with Gasteiger partial charge in [-0.3, -0.25) is 9.59 Å². The lowest BCUT2D eigenvalue weighted by Gasteiger charge is -2.18. The molecule has 0 fully saturated rings. The lowest BCUT2D eigenvalue weighted by Crippen LogP contribution is -2.32. The Hall–Kier alpha value is -4.98. The van der Waals surface area contributed by atoms with Crippen LogP contribution < -0.4 is 10.7 Å². The third-order valence-electron chi connectivity index (χ3n) is 5.36. The molecule has 4 rings (SSSR count). The number of hydrazone groups is 1. The SMILES string of the molecule is O=C(C[C@@H](NC(=O)c1ccccc1)c1ccccc1)N/N=C\c1ccc(-c2ccccc2C(=O)O)o1.